The molecule has 1 N–H and O–H groups in total. The molecule has 2 aromatic carbocycles. The van der Waals surface area contributed by atoms with Crippen LogP contribution in [0.2, 0.25) is 0 Å². The first-order valence-corrected chi connectivity index (χ1v) is 7.64. The third-order valence-corrected chi connectivity index (χ3v) is 3.88. The summed E-state index contributed by atoms with van der Waals surface area (Å²) in [5, 5.41) is 2.79. The summed E-state index contributed by atoms with van der Waals surface area (Å²) in [6.45, 7) is 1.70. The molecule has 0 spiro atoms. The Labute approximate surface area is 143 Å². The number of ether oxygens (including phenoxy) is 2. The number of methoxy groups -OCH3 is 2. The van der Waals surface area contributed by atoms with Crippen LogP contribution in [0.15, 0.2) is 45.6 Å². The summed E-state index contributed by atoms with van der Waals surface area (Å²) in [7, 11) is 3.07. The monoisotopic (exact) mass is 342 g/mol. The highest BCUT2D eigenvalue weighted by atomic mass is 16.5. The van der Waals surface area contributed by atoms with Crippen molar-refractivity contribution in [3.8, 4) is 11.5 Å². The average molecular weight is 342 g/mol. The Kier molecular flexibility index (Phi) is 4.47. The largest absolute Gasteiger partial charge is 0.493 e. The van der Waals surface area contributed by atoms with Crippen LogP contribution in [0.25, 0.3) is 11.1 Å². The Balaban J connectivity index is 1.85. The van der Waals surface area contributed by atoms with Gasteiger partial charge in [-0.15, -0.1) is 0 Å². The van der Waals surface area contributed by atoms with E-state index in [1.54, 1.807) is 43.5 Å². The van der Waals surface area contributed by atoms with E-state index in [4.69, 9.17) is 13.9 Å². The Morgan fingerprint density at radius 1 is 1.16 bits per heavy atom. The maximum Gasteiger partial charge on any atom is 0.420 e. The number of benzene rings is 2. The first-order chi connectivity index (χ1) is 12.0. The molecular weight excluding hydrogens is 324 g/mol. The predicted octanol–water partition coefficient (Wildman–Crippen LogP) is 2.56. The number of rotatable bonds is 5. The van der Waals surface area contributed by atoms with Gasteiger partial charge in [0, 0.05) is 11.8 Å². The summed E-state index contributed by atoms with van der Waals surface area (Å²) >= 11 is 0. The Hall–Kier alpha value is -3.22. The molecule has 3 aromatic rings. The molecule has 25 heavy (non-hydrogen) atoms. The summed E-state index contributed by atoms with van der Waals surface area (Å²) in [6.07, 6.45) is 0. The van der Waals surface area contributed by atoms with Crippen LogP contribution in [-0.4, -0.2) is 24.7 Å². The molecule has 7 heteroatoms. The number of amides is 1. The molecule has 130 valence electrons. The number of fused-ring (bicyclic) bond motifs is 1. The average Bonchev–Trinajstić information content (AvgIpc) is 2.92. The molecule has 0 aliphatic heterocycles. The van der Waals surface area contributed by atoms with Gasteiger partial charge in [-0.3, -0.25) is 9.36 Å². The molecule has 0 unspecified atom stereocenters. The molecule has 1 aromatic heterocycles. The third-order valence-electron chi connectivity index (χ3n) is 3.88. The Bertz CT molecular complexity index is 987. The van der Waals surface area contributed by atoms with Crippen molar-refractivity contribution in [2.75, 3.05) is 19.5 Å². The van der Waals surface area contributed by atoms with E-state index in [-0.39, 0.29) is 12.5 Å². The van der Waals surface area contributed by atoms with E-state index < -0.39 is 5.76 Å². The maximum absolute atomic E-state index is 12.4. The fourth-order valence-corrected chi connectivity index (χ4v) is 2.61. The smallest absolute Gasteiger partial charge is 0.420 e. The molecule has 0 aliphatic carbocycles. The van der Waals surface area contributed by atoms with E-state index in [0.717, 1.165) is 5.56 Å². The van der Waals surface area contributed by atoms with Gasteiger partial charge in [0.25, 0.3) is 0 Å². The predicted molar refractivity (Wildman–Crippen MR) is 93.4 cm³/mol. The molecule has 1 heterocycles. The SMILES string of the molecule is COc1cc(C)c(NC(=O)Cn2c(=O)oc3ccccc32)cc1OC. The van der Waals surface area contributed by atoms with Gasteiger partial charge < -0.3 is 19.2 Å². The number of hydrogen-bond acceptors (Lipinski definition) is 5. The van der Waals surface area contributed by atoms with Crippen molar-refractivity contribution in [1.82, 2.24) is 4.57 Å². The number of carbonyl (C=O) groups excluding carboxylic acids is 1. The zero-order valence-electron chi connectivity index (χ0n) is 14.2. The van der Waals surface area contributed by atoms with Gasteiger partial charge in [0.2, 0.25) is 5.91 Å². The van der Waals surface area contributed by atoms with Crippen LogP contribution < -0.4 is 20.5 Å². The molecule has 3 rings (SSSR count). The highest BCUT2D eigenvalue weighted by Crippen LogP contribution is 2.32. The summed E-state index contributed by atoms with van der Waals surface area (Å²) in [5.41, 5.74) is 2.42. The van der Waals surface area contributed by atoms with Crippen molar-refractivity contribution in [2.45, 2.75) is 13.5 Å². The molecule has 7 nitrogen and oxygen atoms in total. The van der Waals surface area contributed by atoms with E-state index in [1.165, 1.54) is 11.7 Å². The van der Waals surface area contributed by atoms with Crippen LogP contribution in [0.3, 0.4) is 0 Å². The topological polar surface area (TPSA) is 82.7 Å². The van der Waals surface area contributed by atoms with Crippen molar-refractivity contribution in [1.29, 1.82) is 0 Å². The van der Waals surface area contributed by atoms with Crippen LogP contribution in [0.5, 0.6) is 11.5 Å². The fraction of sp³-hybridized carbons (Fsp3) is 0.222. The lowest BCUT2D eigenvalue weighted by Gasteiger charge is -2.13. The van der Waals surface area contributed by atoms with Crippen molar-refractivity contribution in [3.05, 3.63) is 52.5 Å². The van der Waals surface area contributed by atoms with Gasteiger partial charge >= 0.3 is 5.76 Å². The second-order valence-corrected chi connectivity index (χ2v) is 5.49. The Morgan fingerprint density at radius 2 is 1.84 bits per heavy atom. The first-order valence-electron chi connectivity index (χ1n) is 7.64. The number of hydrogen-bond donors (Lipinski definition) is 1. The standard InChI is InChI=1S/C18H18N2O5/c1-11-8-15(23-2)16(24-3)9-12(11)19-17(21)10-20-13-6-4-5-7-14(13)25-18(20)22/h4-9H,10H2,1-3H3,(H,19,21). The number of oxazole rings is 1. The zero-order chi connectivity index (χ0) is 18.0. The van der Waals surface area contributed by atoms with Crippen molar-refractivity contribution in [3.63, 3.8) is 0 Å². The van der Waals surface area contributed by atoms with Gasteiger partial charge in [-0.05, 0) is 30.7 Å². The van der Waals surface area contributed by atoms with Gasteiger partial charge in [-0.2, -0.15) is 0 Å². The van der Waals surface area contributed by atoms with E-state index in [9.17, 15) is 9.59 Å². The molecule has 0 saturated heterocycles. The lowest BCUT2D eigenvalue weighted by molar-refractivity contribution is -0.116. The maximum atomic E-state index is 12.4. The Morgan fingerprint density at radius 3 is 2.56 bits per heavy atom. The lowest BCUT2D eigenvalue weighted by Crippen LogP contribution is -2.25. The molecular formula is C18H18N2O5. The van der Waals surface area contributed by atoms with E-state index in [1.807, 2.05) is 6.92 Å². The van der Waals surface area contributed by atoms with Crippen LogP contribution in [-0.2, 0) is 11.3 Å². The quantitative estimate of drug-likeness (QED) is 0.770. The minimum absolute atomic E-state index is 0.149. The number of anilines is 1. The van der Waals surface area contributed by atoms with Gasteiger partial charge in [-0.25, -0.2) is 4.79 Å². The molecule has 0 saturated carbocycles. The normalized spacial score (nSPS) is 10.7. The van der Waals surface area contributed by atoms with E-state index in [0.29, 0.717) is 28.3 Å². The highest BCUT2D eigenvalue weighted by Gasteiger charge is 2.15. The lowest BCUT2D eigenvalue weighted by atomic mass is 10.1. The number of nitrogens with one attached hydrogen (secondary N) is 1. The molecule has 0 fully saturated rings. The number of carbonyl (C=O) groups is 1. The minimum atomic E-state index is -0.569. The number of nitrogens with zero attached hydrogens (tertiary/aromatic N) is 1. The zero-order valence-corrected chi connectivity index (χ0v) is 14.2. The number of para-hydroxylation sites is 2. The van der Waals surface area contributed by atoms with Gasteiger partial charge in [0.05, 0.1) is 19.7 Å². The highest BCUT2D eigenvalue weighted by molar-refractivity contribution is 5.92. The van der Waals surface area contributed by atoms with E-state index >= 15 is 0 Å². The van der Waals surface area contributed by atoms with Crippen LogP contribution in [0.4, 0.5) is 5.69 Å². The van der Waals surface area contributed by atoms with Crippen molar-refractivity contribution in [2.24, 2.45) is 0 Å². The van der Waals surface area contributed by atoms with Gasteiger partial charge in [0.15, 0.2) is 17.1 Å². The number of aromatic nitrogens is 1. The fourth-order valence-electron chi connectivity index (χ4n) is 2.61. The number of aryl methyl sites for hydroxylation is 1. The van der Waals surface area contributed by atoms with Crippen LogP contribution in [0, 0.1) is 6.92 Å². The molecule has 1 amide bonds. The first kappa shape index (κ1) is 16.6. The third kappa shape index (κ3) is 3.21. The second kappa shape index (κ2) is 6.72. The van der Waals surface area contributed by atoms with Gasteiger partial charge in [-0.1, -0.05) is 12.1 Å². The summed E-state index contributed by atoms with van der Waals surface area (Å²) in [6, 6.07) is 10.4. The molecule has 0 aliphatic rings. The van der Waals surface area contributed by atoms with Gasteiger partial charge in [0.1, 0.15) is 6.54 Å². The minimum Gasteiger partial charge on any atom is -0.493 e. The summed E-state index contributed by atoms with van der Waals surface area (Å²) < 4.78 is 16.9. The molecule has 0 atom stereocenters. The van der Waals surface area contributed by atoms with Crippen LogP contribution in [0.1, 0.15) is 5.56 Å². The van der Waals surface area contributed by atoms with Crippen molar-refractivity contribution >= 4 is 22.7 Å². The summed E-state index contributed by atoms with van der Waals surface area (Å²) in [4.78, 5) is 24.4. The summed E-state index contributed by atoms with van der Waals surface area (Å²) in [5.74, 6) is 0.175. The molecule has 0 radical (unpaired) electrons. The van der Waals surface area contributed by atoms with Crippen molar-refractivity contribution < 1.29 is 18.7 Å². The van der Waals surface area contributed by atoms with E-state index in [2.05, 4.69) is 5.32 Å². The van der Waals surface area contributed by atoms with Crippen LogP contribution >= 0.6 is 0 Å². The molecule has 0 bridgehead atoms. The second-order valence-electron chi connectivity index (χ2n) is 5.49.